The Bertz CT molecular complexity index is 1130. The lowest BCUT2D eigenvalue weighted by Gasteiger charge is -2.33. The van der Waals surface area contributed by atoms with Gasteiger partial charge in [0.2, 0.25) is 5.91 Å². The van der Waals surface area contributed by atoms with Crippen LogP contribution in [0.15, 0.2) is 23.6 Å². The Hall–Kier alpha value is -2.47. The molecule has 0 unspecified atom stereocenters. The van der Waals surface area contributed by atoms with Gasteiger partial charge < -0.3 is 10.2 Å². The molecule has 5 rings (SSSR count). The zero-order valence-corrected chi connectivity index (χ0v) is 19.4. The minimum absolute atomic E-state index is 0.0446. The number of nitrogens with zero attached hydrogens (tertiary/aromatic N) is 3. The first kappa shape index (κ1) is 20.4. The molecule has 1 N–H and O–H groups in total. The summed E-state index contributed by atoms with van der Waals surface area (Å²) in [6.45, 7) is 8.02. The molecule has 1 aliphatic carbocycles. The first-order chi connectivity index (χ1) is 15.0. The van der Waals surface area contributed by atoms with E-state index in [1.54, 1.807) is 11.3 Å². The van der Waals surface area contributed by atoms with E-state index in [1.165, 1.54) is 35.1 Å². The van der Waals surface area contributed by atoms with Crippen molar-refractivity contribution < 1.29 is 4.79 Å². The van der Waals surface area contributed by atoms with E-state index < -0.39 is 0 Å². The summed E-state index contributed by atoms with van der Waals surface area (Å²) in [5.74, 6) is 2.80. The Morgan fingerprint density at radius 1 is 1.10 bits per heavy atom. The van der Waals surface area contributed by atoms with Gasteiger partial charge in [0.25, 0.3) is 0 Å². The molecule has 1 amide bonds. The lowest BCUT2D eigenvalue weighted by atomic mass is 9.85. The van der Waals surface area contributed by atoms with Gasteiger partial charge in [-0.3, -0.25) is 4.79 Å². The van der Waals surface area contributed by atoms with Gasteiger partial charge in [-0.2, -0.15) is 0 Å². The minimum atomic E-state index is 0.0446. The van der Waals surface area contributed by atoms with Crippen LogP contribution in [0.5, 0.6) is 0 Å². The molecular weight excluding hydrogens is 404 g/mol. The Kier molecular flexibility index (Phi) is 5.42. The predicted molar refractivity (Wildman–Crippen MR) is 128 cm³/mol. The van der Waals surface area contributed by atoms with Crippen molar-refractivity contribution in [3.63, 3.8) is 0 Å². The first-order valence-corrected chi connectivity index (χ1v) is 12.3. The van der Waals surface area contributed by atoms with Gasteiger partial charge in [0.1, 0.15) is 11.6 Å². The van der Waals surface area contributed by atoms with Crippen molar-refractivity contribution in [1.82, 2.24) is 9.97 Å². The van der Waals surface area contributed by atoms with Crippen LogP contribution in [0.3, 0.4) is 0 Å². The third-order valence-electron chi connectivity index (χ3n) is 7.13. The molecule has 6 heteroatoms. The van der Waals surface area contributed by atoms with Crippen molar-refractivity contribution in [2.45, 2.75) is 58.8 Å². The first-order valence-electron chi connectivity index (χ1n) is 11.4. The fraction of sp³-hybridized carbons (Fsp3) is 0.480. The highest BCUT2D eigenvalue weighted by Gasteiger charge is 2.29. The molecule has 5 nitrogen and oxygen atoms in total. The number of nitrogens with one attached hydrogen (secondary N) is 1. The van der Waals surface area contributed by atoms with E-state index in [-0.39, 0.29) is 11.8 Å². The number of hydrogen-bond acceptors (Lipinski definition) is 5. The molecule has 3 aromatic rings. The van der Waals surface area contributed by atoms with Gasteiger partial charge in [-0.15, -0.1) is 11.3 Å². The Labute approximate surface area is 187 Å². The van der Waals surface area contributed by atoms with Crippen LogP contribution < -0.4 is 10.2 Å². The molecule has 0 bridgehead atoms. The number of thiophene rings is 1. The summed E-state index contributed by atoms with van der Waals surface area (Å²) in [7, 11) is 0. The van der Waals surface area contributed by atoms with Crippen LogP contribution in [-0.4, -0.2) is 29.0 Å². The number of carbonyl (C=O) groups excluding carboxylic acids is 1. The van der Waals surface area contributed by atoms with Crippen molar-refractivity contribution in [1.29, 1.82) is 0 Å². The molecular formula is C25H30N4OS. The maximum absolute atomic E-state index is 12.9. The molecule has 2 aromatic heterocycles. The second-order valence-corrected chi connectivity index (χ2v) is 10.2. The van der Waals surface area contributed by atoms with E-state index in [0.29, 0.717) is 5.92 Å². The second kappa shape index (κ2) is 8.23. The van der Waals surface area contributed by atoms with Gasteiger partial charge in [0, 0.05) is 40.9 Å². The highest BCUT2D eigenvalue weighted by molar-refractivity contribution is 7.11. The average Bonchev–Trinajstić information content (AvgIpc) is 3.10. The summed E-state index contributed by atoms with van der Waals surface area (Å²) in [5, 5.41) is 6.54. The molecule has 162 valence electrons. The van der Waals surface area contributed by atoms with Crippen LogP contribution in [0, 0.1) is 26.7 Å². The Morgan fingerprint density at radius 2 is 1.87 bits per heavy atom. The minimum Gasteiger partial charge on any atom is -0.356 e. The number of piperidine rings is 1. The van der Waals surface area contributed by atoms with Crippen LogP contribution >= 0.6 is 11.3 Å². The molecule has 0 radical (unpaired) electrons. The maximum atomic E-state index is 12.9. The van der Waals surface area contributed by atoms with Crippen LogP contribution in [0.2, 0.25) is 0 Å². The van der Waals surface area contributed by atoms with E-state index in [9.17, 15) is 4.79 Å². The summed E-state index contributed by atoms with van der Waals surface area (Å²) in [4.78, 5) is 26.5. The van der Waals surface area contributed by atoms with Gasteiger partial charge in [-0.05, 0) is 63.6 Å². The smallest absolute Gasteiger partial charge is 0.227 e. The van der Waals surface area contributed by atoms with Gasteiger partial charge in [-0.1, -0.05) is 18.6 Å². The largest absolute Gasteiger partial charge is 0.356 e. The van der Waals surface area contributed by atoms with Gasteiger partial charge in [0.05, 0.1) is 10.9 Å². The zero-order chi connectivity index (χ0) is 21.5. The highest BCUT2D eigenvalue weighted by Crippen LogP contribution is 2.39. The number of aromatic nitrogens is 2. The normalized spacial score (nSPS) is 17.7. The number of hydrogen-bond donors (Lipinski definition) is 1. The molecule has 0 spiro atoms. The van der Waals surface area contributed by atoms with Gasteiger partial charge in [0.15, 0.2) is 0 Å². The lowest BCUT2D eigenvalue weighted by molar-refractivity contribution is -0.120. The van der Waals surface area contributed by atoms with Crippen LogP contribution in [0.4, 0.5) is 11.5 Å². The maximum Gasteiger partial charge on any atom is 0.227 e. The molecule has 2 fully saturated rings. The van der Waals surface area contributed by atoms with Crippen molar-refractivity contribution in [2.24, 2.45) is 5.92 Å². The summed E-state index contributed by atoms with van der Waals surface area (Å²) >= 11 is 1.76. The molecule has 3 heterocycles. The van der Waals surface area contributed by atoms with Gasteiger partial charge in [-0.25, -0.2) is 9.97 Å². The Morgan fingerprint density at radius 3 is 2.58 bits per heavy atom. The topological polar surface area (TPSA) is 58.1 Å². The van der Waals surface area contributed by atoms with E-state index >= 15 is 0 Å². The monoisotopic (exact) mass is 434 g/mol. The van der Waals surface area contributed by atoms with Crippen molar-refractivity contribution in [3.8, 4) is 0 Å². The van der Waals surface area contributed by atoms with Crippen molar-refractivity contribution >= 4 is 39.7 Å². The van der Waals surface area contributed by atoms with E-state index in [2.05, 4.69) is 42.4 Å². The van der Waals surface area contributed by atoms with Crippen LogP contribution in [0.25, 0.3) is 10.9 Å². The summed E-state index contributed by atoms with van der Waals surface area (Å²) < 4.78 is 0. The fourth-order valence-corrected chi connectivity index (χ4v) is 5.43. The molecule has 31 heavy (non-hydrogen) atoms. The van der Waals surface area contributed by atoms with Crippen LogP contribution in [-0.2, 0) is 4.79 Å². The molecule has 2 aliphatic rings. The summed E-state index contributed by atoms with van der Waals surface area (Å²) in [5.41, 5.74) is 4.37. The average molecular weight is 435 g/mol. The molecule has 1 aromatic carbocycles. The highest BCUT2D eigenvalue weighted by atomic mass is 32.1. The number of benzene rings is 1. The van der Waals surface area contributed by atoms with Crippen LogP contribution in [0.1, 0.15) is 59.9 Å². The molecule has 1 aliphatic heterocycles. The number of rotatable bonds is 4. The van der Waals surface area contributed by atoms with Crippen molar-refractivity contribution in [2.75, 3.05) is 23.3 Å². The van der Waals surface area contributed by atoms with Crippen molar-refractivity contribution in [3.05, 3.63) is 45.4 Å². The number of carbonyl (C=O) groups is 1. The number of anilines is 2. The number of aryl methyl sites for hydroxylation is 2. The SMILES string of the molecule is Cc1cccc(NC(=O)C2CCN(c3nc(C4CCC4)nc4csc(C)c34)CC2)c1C. The third-order valence-corrected chi connectivity index (χ3v) is 8.03. The quantitative estimate of drug-likeness (QED) is 0.569. The summed E-state index contributed by atoms with van der Waals surface area (Å²) in [6, 6.07) is 6.08. The number of amides is 1. The lowest BCUT2D eigenvalue weighted by Crippen LogP contribution is -2.39. The fourth-order valence-electron chi connectivity index (χ4n) is 4.66. The Balaban J connectivity index is 1.32. The molecule has 1 saturated carbocycles. The van der Waals surface area contributed by atoms with Gasteiger partial charge >= 0.3 is 0 Å². The zero-order valence-electron chi connectivity index (χ0n) is 18.6. The standard InChI is InChI=1S/C25H30N4OS/c1-15-6-4-9-20(16(15)2)27-25(30)19-10-12-29(13-11-19)24-22-17(3)31-14-21(22)26-23(28-24)18-7-5-8-18/h4,6,9,14,18-19H,5,7-8,10-13H2,1-3H3,(H,27,30). The third kappa shape index (κ3) is 3.82. The predicted octanol–water partition coefficient (Wildman–Crippen LogP) is 5.74. The number of fused-ring (bicyclic) bond motifs is 1. The molecule has 1 saturated heterocycles. The van der Waals surface area contributed by atoms with E-state index in [4.69, 9.17) is 9.97 Å². The summed E-state index contributed by atoms with van der Waals surface area (Å²) in [6.07, 6.45) is 5.39. The molecule has 0 atom stereocenters. The second-order valence-electron chi connectivity index (χ2n) is 9.08. The van der Waals surface area contributed by atoms with E-state index in [0.717, 1.165) is 54.3 Å². The van der Waals surface area contributed by atoms with E-state index in [1.807, 2.05) is 12.1 Å².